The van der Waals surface area contributed by atoms with Crippen LogP contribution in [-0.4, -0.2) is 13.7 Å². The van der Waals surface area contributed by atoms with E-state index in [-0.39, 0.29) is 0 Å². The standard InChI is InChI=1S/C82H54N4/c1-3-17-63(18-4-1)84-75-27-13-11-25-71(75)73-53-61(43-49-81(73)84)59-35-31-55(32-36-59)57-39-45-65(46-40-57)83(79-51-52-80(70-22-8-7-21-69(70)79)86-77-29-15-9-23-67(77)68-24-10-16-30-78(68)86)66-47-41-58(42-48-66)56-33-37-60(38-34-56)62-44-50-82-74(54-62)72-26-12-14-28-76(72)85(82)64-19-5-2-6-20-64/h1-54H. The summed E-state index contributed by atoms with van der Waals surface area (Å²) in [6, 6.07) is 120. The van der Waals surface area contributed by atoms with Crippen LogP contribution in [0.1, 0.15) is 0 Å². The second-order valence-electron chi connectivity index (χ2n) is 22.4. The summed E-state index contributed by atoms with van der Waals surface area (Å²) in [5.41, 5.74) is 23.4. The second-order valence-corrected chi connectivity index (χ2v) is 22.4. The van der Waals surface area contributed by atoms with Crippen LogP contribution in [0.4, 0.5) is 17.1 Å². The number of nitrogens with zero attached hydrogens (tertiary/aromatic N) is 4. The van der Waals surface area contributed by atoms with Gasteiger partial charge in [0.15, 0.2) is 0 Å². The summed E-state index contributed by atoms with van der Waals surface area (Å²) in [5, 5.41) is 9.84. The van der Waals surface area contributed by atoms with Crippen molar-refractivity contribution in [1.29, 1.82) is 0 Å². The lowest BCUT2D eigenvalue weighted by Gasteiger charge is -2.28. The van der Waals surface area contributed by atoms with Gasteiger partial charge in [0.05, 0.1) is 44.5 Å². The molecule has 86 heavy (non-hydrogen) atoms. The Hall–Kier alpha value is -11.5. The molecule has 0 amide bonds. The van der Waals surface area contributed by atoms with Gasteiger partial charge in [0, 0.05) is 65.8 Å². The summed E-state index contributed by atoms with van der Waals surface area (Å²) >= 11 is 0. The number of fused-ring (bicyclic) bond motifs is 10. The van der Waals surface area contributed by atoms with Crippen LogP contribution in [0.15, 0.2) is 328 Å². The van der Waals surface area contributed by atoms with Crippen molar-refractivity contribution in [3.05, 3.63) is 328 Å². The normalized spacial score (nSPS) is 11.7. The number of rotatable bonds is 10. The third-order valence-corrected chi connectivity index (χ3v) is 17.7. The van der Waals surface area contributed by atoms with Gasteiger partial charge in [-0.05, 0) is 154 Å². The maximum Gasteiger partial charge on any atom is 0.0542 e. The Balaban J connectivity index is 0.723. The fraction of sp³-hybridized carbons (Fsp3) is 0. The van der Waals surface area contributed by atoms with E-state index >= 15 is 0 Å². The first-order valence-corrected chi connectivity index (χ1v) is 29.6. The number of benzene rings is 14. The van der Waals surface area contributed by atoms with Crippen molar-refractivity contribution in [2.75, 3.05) is 4.90 Å². The number of para-hydroxylation sites is 6. The van der Waals surface area contributed by atoms with E-state index < -0.39 is 0 Å². The van der Waals surface area contributed by atoms with Gasteiger partial charge in [-0.25, -0.2) is 0 Å². The maximum absolute atomic E-state index is 2.44. The SMILES string of the molecule is c1ccc(-n2c3ccccc3c3cc(-c4ccc(-c5ccc(N(c6ccc(-c7ccc(-c8ccc9c(c8)c8ccccc8n9-c8ccccc8)cc7)cc6)c6ccc(-n7c8ccccc8c8ccccc87)c7ccccc67)cc5)cc4)ccc32)cc1. The van der Waals surface area contributed by atoms with Crippen molar-refractivity contribution >= 4 is 93.3 Å². The molecule has 0 bridgehead atoms. The van der Waals surface area contributed by atoms with E-state index in [0.29, 0.717) is 0 Å². The molecular formula is C82H54N4. The van der Waals surface area contributed by atoms with Crippen molar-refractivity contribution in [1.82, 2.24) is 13.7 Å². The van der Waals surface area contributed by atoms with E-state index in [2.05, 4.69) is 346 Å². The van der Waals surface area contributed by atoms with Gasteiger partial charge >= 0.3 is 0 Å². The Morgan fingerprint density at radius 1 is 0.186 bits per heavy atom. The zero-order valence-corrected chi connectivity index (χ0v) is 47.0. The van der Waals surface area contributed by atoms with Crippen molar-refractivity contribution in [3.63, 3.8) is 0 Å². The van der Waals surface area contributed by atoms with Gasteiger partial charge in [-0.3, -0.25) is 0 Å². The molecule has 14 aromatic carbocycles. The second kappa shape index (κ2) is 20.2. The Kier molecular flexibility index (Phi) is 11.5. The maximum atomic E-state index is 2.44. The lowest BCUT2D eigenvalue weighted by atomic mass is 9.98. The minimum atomic E-state index is 1.07. The highest BCUT2D eigenvalue weighted by Crippen LogP contribution is 2.45. The van der Waals surface area contributed by atoms with Crippen LogP contribution in [0, 0.1) is 0 Å². The molecule has 4 heteroatoms. The highest BCUT2D eigenvalue weighted by molar-refractivity contribution is 6.14. The third kappa shape index (κ3) is 8.07. The highest BCUT2D eigenvalue weighted by atomic mass is 15.1. The lowest BCUT2D eigenvalue weighted by Crippen LogP contribution is -2.11. The quantitative estimate of drug-likeness (QED) is 0.133. The van der Waals surface area contributed by atoms with Crippen molar-refractivity contribution in [3.8, 4) is 61.6 Å². The van der Waals surface area contributed by atoms with E-state index in [1.165, 1.54) is 104 Å². The molecule has 3 heterocycles. The van der Waals surface area contributed by atoms with E-state index in [1.54, 1.807) is 0 Å². The Morgan fingerprint density at radius 2 is 0.477 bits per heavy atom. The zero-order chi connectivity index (χ0) is 56.7. The molecule has 0 unspecified atom stereocenters. The fourth-order valence-electron chi connectivity index (χ4n) is 13.6. The minimum Gasteiger partial charge on any atom is -0.310 e. The van der Waals surface area contributed by atoms with Gasteiger partial charge in [0.1, 0.15) is 0 Å². The topological polar surface area (TPSA) is 18.0 Å². The molecule has 17 rings (SSSR count). The van der Waals surface area contributed by atoms with Gasteiger partial charge in [-0.15, -0.1) is 0 Å². The summed E-state index contributed by atoms with van der Waals surface area (Å²) in [4.78, 5) is 2.42. The summed E-state index contributed by atoms with van der Waals surface area (Å²) in [5.74, 6) is 0. The van der Waals surface area contributed by atoms with Gasteiger partial charge in [0.25, 0.3) is 0 Å². The number of anilines is 3. The minimum absolute atomic E-state index is 1.07. The predicted octanol–water partition coefficient (Wildman–Crippen LogP) is 22.3. The molecule has 0 aliphatic carbocycles. The highest BCUT2D eigenvalue weighted by Gasteiger charge is 2.21. The van der Waals surface area contributed by atoms with Crippen LogP contribution < -0.4 is 4.90 Å². The first-order chi connectivity index (χ1) is 42.7. The number of hydrogen-bond donors (Lipinski definition) is 0. The van der Waals surface area contributed by atoms with Gasteiger partial charge in [0.2, 0.25) is 0 Å². The summed E-state index contributed by atoms with van der Waals surface area (Å²) in [6.45, 7) is 0. The molecule has 0 aliphatic rings. The summed E-state index contributed by atoms with van der Waals surface area (Å²) in [7, 11) is 0. The molecule has 0 aliphatic heterocycles. The van der Waals surface area contributed by atoms with Crippen molar-refractivity contribution in [2.45, 2.75) is 0 Å². The van der Waals surface area contributed by atoms with Crippen LogP contribution in [0.25, 0.3) is 138 Å². The molecule has 0 radical (unpaired) electrons. The van der Waals surface area contributed by atoms with E-state index in [9.17, 15) is 0 Å². The molecule has 17 aromatic rings. The molecule has 0 N–H and O–H groups in total. The Morgan fingerprint density at radius 3 is 0.884 bits per heavy atom. The molecule has 4 nitrogen and oxygen atoms in total. The van der Waals surface area contributed by atoms with Crippen LogP contribution in [0.5, 0.6) is 0 Å². The average molecular weight is 1100 g/mol. The molecule has 3 aromatic heterocycles. The zero-order valence-electron chi connectivity index (χ0n) is 47.0. The van der Waals surface area contributed by atoms with Crippen molar-refractivity contribution < 1.29 is 0 Å². The first-order valence-electron chi connectivity index (χ1n) is 29.6. The predicted molar refractivity (Wildman–Crippen MR) is 363 cm³/mol. The molecule has 0 saturated carbocycles. The summed E-state index contributed by atoms with van der Waals surface area (Å²) < 4.78 is 7.18. The van der Waals surface area contributed by atoms with E-state index in [4.69, 9.17) is 0 Å². The van der Waals surface area contributed by atoms with Crippen LogP contribution in [0.3, 0.4) is 0 Å². The first kappa shape index (κ1) is 49.2. The van der Waals surface area contributed by atoms with Gasteiger partial charge in [-0.1, -0.05) is 218 Å². The van der Waals surface area contributed by atoms with Crippen LogP contribution >= 0.6 is 0 Å². The van der Waals surface area contributed by atoms with Crippen molar-refractivity contribution in [2.24, 2.45) is 0 Å². The number of aromatic nitrogens is 3. The van der Waals surface area contributed by atoms with Gasteiger partial charge in [-0.2, -0.15) is 0 Å². The molecule has 402 valence electrons. The Bertz CT molecular complexity index is 5120. The molecule has 0 saturated heterocycles. The molecule has 0 atom stereocenters. The summed E-state index contributed by atoms with van der Waals surface area (Å²) in [6.07, 6.45) is 0. The van der Waals surface area contributed by atoms with Gasteiger partial charge < -0.3 is 18.6 Å². The average Bonchev–Trinajstić information content (AvgIpc) is 2.79. The Labute approximate surface area is 498 Å². The van der Waals surface area contributed by atoms with Crippen LogP contribution in [-0.2, 0) is 0 Å². The van der Waals surface area contributed by atoms with E-state index in [1.807, 2.05) is 0 Å². The van der Waals surface area contributed by atoms with E-state index in [0.717, 1.165) is 50.6 Å². The molecule has 0 spiro atoms. The van der Waals surface area contributed by atoms with Crippen LogP contribution in [0.2, 0.25) is 0 Å². The smallest absolute Gasteiger partial charge is 0.0542 e. The number of hydrogen-bond acceptors (Lipinski definition) is 1. The lowest BCUT2D eigenvalue weighted by molar-refractivity contribution is 1.18. The monoisotopic (exact) mass is 1090 g/mol. The molecular weight excluding hydrogens is 1040 g/mol. The third-order valence-electron chi connectivity index (χ3n) is 17.7. The largest absolute Gasteiger partial charge is 0.310 e. The fourth-order valence-corrected chi connectivity index (χ4v) is 13.6. The molecule has 0 fully saturated rings.